The van der Waals surface area contributed by atoms with Crippen LogP contribution in [0.2, 0.25) is 5.15 Å². The van der Waals surface area contributed by atoms with Crippen molar-refractivity contribution in [1.29, 1.82) is 0 Å². The molecule has 1 heterocycles. The second-order valence-electron chi connectivity index (χ2n) is 4.44. The molecular weight excluding hydrogens is 311 g/mol. The largest absolute Gasteiger partial charge is 0.468 e. The summed E-state index contributed by atoms with van der Waals surface area (Å²) in [7, 11) is 1.29. The fraction of sp³-hybridized carbons (Fsp3) is 0.214. The number of anilines is 2. The van der Waals surface area contributed by atoms with E-state index in [4.69, 9.17) is 22.1 Å². The minimum absolute atomic E-state index is 0.0198. The van der Waals surface area contributed by atoms with Crippen molar-refractivity contribution in [3.63, 3.8) is 0 Å². The van der Waals surface area contributed by atoms with Crippen molar-refractivity contribution < 1.29 is 13.9 Å². The minimum Gasteiger partial charge on any atom is -0.468 e. The molecule has 0 amide bonds. The number of nitrogens with one attached hydrogen (secondary N) is 1. The highest BCUT2D eigenvalue weighted by atomic mass is 35.5. The number of rotatable bonds is 5. The van der Waals surface area contributed by atoms with Gasteiger partial charge in [0.2, 0.25) is 5.95 Å². The molecule has 1 aromatic carbocycles. The van der Waals surface area contributed by atoms with Crippen LogP contribution in [0.15, 0.2) is 30.3 Å². The Morgan fingerprint density at radius 3 is 2.68 bits per heavy atom. The first kappa shape index (κ1) is 16.0. The van der Waals surface area contributed by atoms with Gasteiger partial charge in [0.25, 0.3) is 0 Å². The Kier molecular flexibility index (Phi) is 5.11. The van der Waals surface area contributed by atoms with E-state index in [-0.39, 0.29) is 23.5 Å². The van der Waals surface area contributed by atoms with E-state index in [1.807, 2.05) is 0 Å². The molecule has 22 heavy (non-hydrogen) atoms. The zero-order valence-electron chi connectivity index (χ0n) is 11.7. The summed E-state index contributed by atoms with van der Waals surface area (Å²) < 4.78 is 17.8. The zero-order chi connectivity index (χ0) is 16.1. The van der Waals surface area contributed by atoms with E-state index >= 15 is 0 Å². The maximum absolute atomic E-state index is 13.0. The molecule has 0 fully saturated rings. The van der Waals surface area contributed by atoms with Gasteiger partial charge in [0.05, 0.1) is 13.0 Å². The van der Waals surface area contributed by atoms with Crippen LogP contribution in [-0.4, -0.2) is 29.6 Å². The minimum atomic E-state index is -0.624. The maximum atomic E-state index is 13.0. The molecule has 1 aromatic heterocycles. The molecule has 1 atom stereocenters. The first-order valence-corrected chi connectivity index (χ1v) is 6.74. The van der Waals surface area contributed by atoms with Crippen molar-refractivity contribution in [3.8, 4) is 0 Å². The fourth-order valence-electron chi connectivity index (χ4n) is 1.91. The second-order valence-corrected chi connectivity index (χ2v) is 4.83. The fourth-order valence-corrected chi connectivity index (χ4v) is 2.10. The monoisotopic (exact) mass is 324 g/mol. The number of esters is 1. The predicted molar refractivity (Wildman–Crippen MR) is 81.1 cm³/mol. The van der Waals surface area contributed by atoms with Gasteiger partial charge in [-0.05, 0) is 17.7 Å². The van der Waals surface area contributed by atoms with Gasteiger partial charge < -0.3 is 15.8 Å². The van der Waals surface area contributed by atoms with Crippen molar-refractivity contribution in [2.75, 3.05) is 24.7 Å². The average Bonchev–Trinajstić information content (AvgIpc) is 2.48. The third-order valence-electron chi connectivity index (χ3n) is 2.96. The number of carbonyl (C=O) groups excluding carboxylic acids is 1. The van der Waals surface area contributed by atoms with Crippen LogP contribution in [0.3, 0.4) is 0 Å². The number of hydrogen-bond donors (Lipinski definition) is 2. The number of nitrogen functional groups attached to an aromatic ring is 1. The van der Waals surface area contributed by atoms with Crippen molar-refractivity contribution in [3.05, 3.63) is 46.9 Å². The van der Waals surface area contributed by atoms with Crippen LogP contribution in [0.4, 0.5) is 16.2 Å². The Bertz CT molecular complexity index is 646. The Hall–Kier alpha value is -2.41. The summed E-state index contributed by atoms with van der Waals surface area (Å²) >= 11 is 5.79. The first-order chi connectivity index (χ1) is 10.5. The SMILES string of the molecule is COC(=O)C(CNc1cc(Cl)nc(N)n1)c1ccc(F)cc1. The lowest BCUT2D eigenvalue weighted by atomic mass is 9.99. The number of carbonyl (C=O) groups is 1. The van der Waals surface area contributed by atoms with E-state index in [1.165, 1.54) is 37.4 Å². The molecule has 0 spiro atoms. The van der Waals surface area contributed by atoms with E-state index in [9.17, 15) is 9.18 Å². The van der Waals surface area contributed by atoms with Gasteiger partial charge in [0.15, 0.2) is 0 Å². The molecule has 0 aliphatic rings. The smallest absolute Gasteiger partial charge is 0.314 e. The molecule has 2 aromatic rings. The highest BCUT2D eigenvalue weighted by molar-refractivity contribution is 6.29. The van der Waals surface area contributed by atoms with Crippen LogP contribution in [-0.2, 0) is 9.53 Å². The number of hydrogen-bond acceptors (Lipinski definition) is 6. The normalized spacial score (nSPS) is 11.8. The van der Waals surface area contributed by atoms with Crippen molar-refractivity contribution in [2.45, 2.75) is 5.92 Å². The number of nitrogens with zero attached hydrogens (tertiary/aromatic N) is 2. The van der Waals surface area contributed by atoms with E-state index in [0.29, 0.717) is 11.4 Å². The summed E-state index contributed by atoms with van der Waals surface area (Å²) in [6.45, 7) is 0.186. The van der Waals surface area contributed by atoms with Crippen LogP contribution in [0.25, 0.3) is 0 Å². The summed E-state index contributed by atoms with van der Waals surface area (Å²) in [5, 5.41) is 3.13. The van der Waals surface area contributed by atoms with Crippen LogP contribution >= 0.6 is 11.6 Å². The quantitative estimate of drug-likeness (QED) is 0.647. The molecule has 6 nitrogen and oxygen atoms in total. The van der Waals surface area contributed by atoms with Crippen LogP contribution in [0.5, 0.6) is 0 Å². The molecule has 0 bridgehead atoms. The summed E-state index contributed by atoms with van der Waals surface area (Å²) in [5.74, 6) is -1.05. The molecule has 2 rings (SSSR count). The molecular formula is C14H14ClFN4O2. The van der Waals surface area contributed by atoms with Gasteiger partial charge in [-0.25, -0.2) is 9.37 Å². The summed E-state index contributed by atoms with van der Waals surface area (Å²) in [5.41, 5.74) is 6.12. The third-order valence-corrected chi connectivity index (χ3v) is 3.15. The molecule has 116 valence electrons. The Morgan fingerprint density at radius 2 is 2.09 bits per heavy atom. The summed E-state index contributed by atoms with van der Waals surface area (Å²) in [6.07, 6.45) is 0. The Morgan fingerprint density at radius 1 is 1.41 bits per heavy atom. The predicted octanol–water partition coefficient (Wildman–Crippen LogP) is 2.22. The number of nitrogens with two attached hydrogens (primary N) is 1. The highest BCUT2D eigenvalue weighted by Crippen LogP contribution is 2.20. The van der Waals surface area contributed by atoms with Gasteiger partial charge in [-0.1, -0.05) is 23.7 Å². The molecule has 0 aliphatic heterocycles. The van der Waals surface area contributed by atoms with E-state index in [2.05, 4.69) is 15.3 Å². The Balaban J connectivity index is 2.16. The van der Waals surface area contributed by atoms with E-state index in [0.717, 1.165) is 0 Å². The number of benzene rings is 1. The number of halogens is 2. The molecule has 8 heteroatoms. The molecule has 0 radical (unpaired) electrons. The van der Waals surface area contributed by atoms with Gasteiger partial charge in [-0.15, -0.1) is 0 Å². The lowest BCUT2D eigenvalue weighted by molar-refractivity contribution is -0.142. The number of aromatic nitrogens is 2. The van der Waals surface area contributed by atoms with Gasteiger partial charge in [-0.2, -0.15) is 4.98 Å². The second kappa shape index (κ2) is 7.04. The highest BCUT2D eigenvalue weighted by Gasteiger charge is 2.21. The van der Waals surface area contributed by atoms with Crippen molar-refractivity contribution in [2.24, 2.45) is 0 Å². The Labute approximate surface area is 131 Å². The number of methoxy groups -OCH3 is 1. The molecule has 1 unspecified atom stereocenters. The van der Waals surface area contributed by atoms with Gasteiger partial charge in [0.1, 0.15) is 16.8 Å². The molecule has 0 saturated heterocycles. The van der Waals surface area contributed by atoms with Crippen LogP contribution in [0, 0.1) is 5.82 Å². The molecule has 0 saturated carbocycles. The molecule has 0 aliphatic carbocycles. The summed E-state index contributed by atoms with van der Waals surface area (Å²) in [4.78, 5) is 19.6. The maximum Gasteiger partial charge on any atom is 0.314 e. The lowest BCUT2D eigenvalue weighted by Crippen LogP contribution is -2.23. The zero-order valence-corrected chi connectivity index (χ0v) is 12.5. The standard InChI is InChI=1S/C14H14ClFN4O2/c1-22-13(21)10(8-2-4-9(16)5-3-8)7-18-12-6-11(15)19-14(17)20-12/h2-6,10H,7H2,1H3,(H3,17,18,19,20). The lowest BCUT2D eigenvalue weighted by Gasteiger charge is -2.16. The first-order valence-electron chi connectivity index (χ1n) is 6.37. The van der Waals surface area contributed by atoms with E-state index < -0.39 is 11.9 Å². The van der Waals surface area contributed by atoms with Crippen LogP contribution < -0.4 is 11.1 Å². The summed E-state index contributed by atoms with van der Waals surface area (Å²) in [6, 6.07) is 7.10. The van der Waals surface area contributed by atoms with Gasteiger partial charge in [-0.3, -0.25) is 4.79 Å². The molecule has 3 N–H and O–H groups in total. The van der Waals surface area contributed by atoms with Crippen molar-refractivity contribution in [1.82, 2.24) is 9.97 Å². The van der Waals surface area contributed by atoms with Crippen molar-refractivity contribution >= 4 is 29.3 Å². The third kappa shape index (κ3) is 4.05. The van der Waals surface area contributed by atoms with Gasteiger partial charge >= 0.3 is 5.97 Å². The average molecular weight is 325 g/mol. The van der Waals surface area contributed by atoms with E-state index in [1.54, 1.807) is 0 Å². The number of ether oxygens (including phenoxy) is 1. The van der Waals surface area contributed by atoms with Gasteiger partial charge in [0, 0.05) is 12.6 Å². The van der Waals surface area contributed by atoms with Crippen LogP contribution in [0.1, 0.15) is 11.5 Å². The topological polar surface area (TPSA) is 90.1 Å².